The minimum absolute atomic E-state index is 0.00383. The standard InChI is InChI=1S/C15H17N5O9S3/c16-9-1-3-11(13(7-9)18-15(17)21)19-20-12-4-2-10(8-14(12)32(27,28)29)30(22,23)5-6-31(24,25)26/h1-4,7-8H,5-6,16H2,(H3,17,18,21)(H,24,25,26)(H,27,28,29). The van der Waals surface area contributed by atoms with E-state index in [0.29, 0.717) is 6.07 Å². The second-order valence-corrected chi connectivity index (χ2v) is 11.2. The lowest BCUT2D eigenvalue weighted by Crippen LogP contribution is -2.19. The van der Waals surface area contributed by atoms with Crippen molar-refractivity contribution >= 4 is 58.9 Å². The van der Waals surface area contributed by atoms with Crippen LogP contribution >= 0.6 is 0 Å². The van der Waals surface area contributed by atoms with Gasteiger partial charge < -0.3 is 16.8 Å². The predicted octanol–water partition coefficient (Wildman–Crippen LogP) is 1.08. The molecule has 0 aliphatic heterocycles. The van der Waals surface area contributed by atoms with Gasteiger partial charge in [-0.05, 0) is 36.4 Å². The number of nitrogens with one attached hydrogen (secondary N) is 1. The molecule has 0 radical (unpaired) electrons. The quantitative estimate of drug-likeness (QED) is 0.193. The summed E-state index contributed by atoms with van der Waals surface area (Å²) in [7, 11) is -13.9. The van der Waals surface area contributed by atoms with Crippen LogP contribution in [0.15, 0.2) is 56.4 Å². The number of anilines is 2. The smallest absolute Gasteiger partial charge is 0.316 e. The third-order valence-corrected chi connectivity index (χ3v) is 7.30. The third-order valence-electron chi connectivity index (χ3n) is 3.72. The van der Waals surface area contributed by atoms with Crippen molar-refractivity contribution < 1.29 is 39.2 Å². The molecule has 14 nitrogen and oxygen atoms in total. The number of nitrogens with two attached hydrogens (primary N) is 2. The summed E-state index contributed by atoms with van der Waals surface area (Å²) in [5.74, 6) is -2.16. The molecule has 2 amide bonds. The Morgan fingerprint density at radius 2 is 1.50 bits per heavy atom. The van der Waals surface area contributed by atoms with Crippen molar-refractivity contribution in [3.8, 4) is 0 Å². The maximum atomic E-state index is 12.3. The zero-order valence-electron chi connectivity index (χ0n) is 15.9. The molecular weight excluding hydrogens is 490 g/mol. The van der Waals surface area contributed by atoms with Gasteiger partial charge in [0.2, 0.25) is 0 Å². The van der Waals surface area contributed by atoms with E-state index in [4.69, 9.17) is 16.0 Å². The first-order valence-corrected chi connectivity index (χ1v) is 13.0. The number of carbonyl (C=O) groups excluding carboxylic acids is 1. The molecule has 32 heavy (non-hydrogen) atoms. The highest BCUT2D eigenvalue weighted by atomic mass is 32.2. The van der Waals surface area contributed by atoms with Gasteiger partial charge in [0, 0.05) is 5.69 Å². The summed E-state index contributed by atoms with van der Waals surface area (Å²) in [5, 5.41) is 9.68. The van der Waals surface area contributed by atoms with E-state index in [0.717, 1.165) is 12.1 Å². The van der Waals surface area contributed by atoms with Gasteiger partial charge >= 0.3 is 6.03 Å². The van der Waals surface area contributed by atoms with Gasteiger partial charge in [0.25, 0.3) is 20.2 Å². The van der Waals surface area contributed by atoms with Crippen LogP contribution in [0.1, 0.15) is 0 Å². The Hall–Kier alpha value is -3.12. The number of rotatable bonds is 8. The van der Waals surface area contributed by atoms with Crippen molar-refractivity contribution in [2.75, 3.05) is 22.6 Å². The number of sulfone groups is 1. The molecule has 0 fully saturated rings. The topological polar surface area (TPSA) is 249 Å². The van der Waals surface area contributed by atoms with Crippen molar-refractivity contribution in [3.63, 3.8) is 0 Å². The SMILES string of the molecule is NC(=O)Nc1cc(N)ccc1N=Nc1ccc(S(=O)(=O)CCS(=O)(=O)O)cc1S(=O)(=O)O. The molecule has 0 atom stereocenters. The first-order chi connectivity index (χ1) is 14.6. The van der Waals surface area contributed by atoms with Crippen LogP contribution in [0.4, 0.5) is 27.5 Å². The molecule has 17 heteroatoms. The normalized spacial score (nSPS) is 12.7. The molecule has 0 heterocycles. The molecule has 2 rings (SSSR count). The highest BCUT2D eigenvalue weighted by molar-refractivity contribution is 7.93. The lowest BCUT2D eigenvalue weighted by atomic mass is 10.2. The van der Waals surface area contributed by atoms with Gasteiger partial charge in [0.05, 0.1) is 22.1 Å². The van der Waals surface area contributed by atoms with Gasteiger partial charge in [0.15, 0.2) is 9.84 Å². The average molecular weight is 508 g/mol. The summed E-state index contributed by atoms with van der Waals surface area (Å²) in [4.78, 5) is 9.54. The van der Waals surface area contributed by atoms with Gasteiger partial charge in [0.1, 0.15) is 16.3 Å². The molecule has 174 valence electrons. The fraction of sp³-hybridized carbons (Fsp3) is 0.133. The first-order valence-electron chi connectivity index (χ1n) is 8.26. The summed E-state index contributed by atoms with van der Waals surface area (Å²) in [6, 6.07) is 5.47. The molecule has 0 aromatic heterocycles. The maximum absolute atomic E-state index is 12.3. The number of carbonyl (C=O) groups is 1. The largest absolute Gasteiger partial charge is 0.399 e. The fourth-order valence-electron chi connectivity index (χ4n) is 2.29. The summed E-state index contributed by atoms with van der Waals surface area (Å²) in [5.41, 5.74) is 10.5. The van der Waals surface area contributed by atoms with Crippen LogP contribution in [-0.2, 0) is 30.1 Å². The van der Waals surface area contributed by atoms with E-state index < -0.39 is 63.1 Å². The zero-order chi connectivity index (χ0) is 24.3. The molecule has 2 aromatic carbocycles. The van der Waals surface area contributed by atoms with Crippen molar-refractivity contribution in [1.82, 2.24) is 0 Å². The van der Waals surface area contributed by atoms with Crippen LogP contribution in [-0.4, -0.2) is 51.9 Å². The van der Waals surface area contributed by atoms with E-state index in [9.17, 15) is 34.6 Å². The lowest BCUT2D eigenvalue weighted by Gasteiger charge is -2.08. The molecule has 7 N–H and O–H groups in total. The number of benzene rings is 2. The fourth-order valence-corrected chi connectivity index (χ4v) is 5.54. The van der Waals surface area contributed by atoms with Crippen LogP contribution in [0.2, 0.25) is 0 Å². The highest BCUT2D eigenvalue weighted by Crippen LogP contribution is 2.32. The van der Waals surface area contributed by atoms with Crippen molar-refractivity contribution in [1.29, 1.82) is 0 Å². The number of azo groups is 1. The van der Waals surface area contributed by atoms with E-state index in [2.05, 4.69) is 15.5 Å². The molecule has 0 aliphatic rings. The van der Waals surface area contributed by atoms with E-state index in [-0.39, 0.29) is 17.1 Å². The second kappa shape index (κ2) is 9.17. The molecule has 2 aromatic rings. The molecule has 0 bridgehead atoms. The predicted molar refractivity (Wildman–Crippen MR) is 113 cm³/mol. The van der Waals surface area contributed by atoms with Gasteiger partial charge in [-0.2, -0.15) is 16.8 Å². The number of hydrogen-bond donors (Lipinski definition) is 5. The number of nitrogens with zero attached hydrogens (tertiary/aromatic N) is 2. The Labute approximate surface area is 182 Å². The van der Waals surface area contributed by atoms with Crippen molar-refractivity contribution in [2.45, 2.75) is 9.79 Å². The number of urea groups is 1. The number of primary amides is 1. The summed E-state index contributed by atoms with van der Waals surface area (Å²) < 4.78 is 87.8. The molecule has 0 unspecified atom stereocenters. The van der Waals surface area contributed by atoms with Crippen LogP contribution in [0.5, 0.6) is 0 Å². The van der Waals surface area contributed by atoms with E-state index in [1.165, 1.54) is 18.2 Å². The van der Waals surface area contributed by atoms with Crippen LogP contribution < -0.4 is 16.8 Å². The van der Waals surface area contributed by atoms with E-state index in [1.54, 1.807) is 0 Å². The minimum atomic E-state index is -5.00. The van der Waals surface area contributed by atoms with Gasteiger partial charge in [-0.25, -0.2) is 13.2 Å². The van der Waals surface area contributed by atoms with Crippen molar-refractivity contribution in [2.24, 2.45) is 16.0 Å². The van der Waals surface area contributed by atoms with E-state index >= 15 is 0 Å². The molecule has 0 saturated heterocycles. The Morgan fingerprint density at radius 3 is 2.06 bits per heavy atom. The van der Waals surface area contributed by atoms with Gasteiger partial charge in [-0.15, -0.1) is 10.2 Å². The Morgan fingerprint density at radius 1 is 0.906 bits per heavy atom. The van der Waals surface area contributed by atoms with Crippen molar-refractivity contribution in [3.05, 3.63) is 36.4 Å². The number of nitrogen functional groups attached to an aromatic ring is 1. The van der Waals surface area contributed by atoms with Gasteiger partial charge in [-0.1, -0.05) is 0 Å². The molecule has 0 spiro atoms. The van der Waals surface area contributed by atoms with Crippen LogP contribution in [0.3, 0.4) is 0 Å². The monoisotopic (exact) mass is 507 g/mol. The second-order valence-electron chi connectivity index (χ2n) is 6.18. The highest BCUT2D eigenvalue weighted by Gasteiger charge is 2.23. The summed E-state index contributed by atoms with van der Waals surface area (Å²) >= 11 is 0. The summed E-state index contributed by atoms with van der Waals surface area (Å²) in [6.45, 7) is 0. The average Bonchev–Trinajstić information content (AvgIpc) is 2.64. The third kappa shape index (κ3) is 6.95. The molecular formula is C15H17N5O9S3. The molecule has 0 saturated carbocycles. The van der Waals surface area contributed by atoms with E-state index in [1.807, 2.05) is 0 Å². The van der Waals surface area contributed by atoms with Crippen LogP contribution in [0, 0.1) is 0 Å². The lowest BCUT2D eigenvalue weighted by molar-refractivity contribution is 0.259. The number of amides is 2. The summed E-state index contributed by atoms with van der Waals surface area (Å²) in [6.07, 6.45) is 0. The van der Waals surface area contributed by atoms with Crippen LogP contribution in [0.25, 0.3) is 0 Å². The Bertz CT molecular complexity index is 1400. The minimum Gasteiger partial charge on any atom is -0.399 e. The van der Waals surface area contributed by atoms with Gasteiger partial charge in [-0.3, -0.25) is 9.11 Å². The Balaban J connectivity index is 2.52. The number of hydrogen-bond acceptors (Lipinski definition) is 10. The maximum Gasteiger partial charge on any atom is 0.316 e. The molecule has 0 aliphatic carbocycles. The zero-order valence-corrected chi connectivity index (χ0v) is 18.4. The first kappa shape index (κ1) is 25.1. The Kier molecular flexibility index (Phi) is 7.20.